The minimum absolute atomic E-state index is 0.0875. The Kier molecular flexibility index (Phi) is 6.64. The van der Waals surface area contributed by atoms with Crippen LogP contribution in [0.1, 0.15) is 27.2 Å². The van der Waals surface area contributed by atoms with Gasteiger partial charge in [0.1, 0.15) is 11.1 Å². The first kappa shape index (κ1) is 18.6. The van der Waals surface area contributed by atoms with Crippen molar-refractivity contribution < 1.29 is 19.4 Å². The topological polar surface area (TPSA) is 133 Å². The van der Waals surface area contributed by atoms with Crippen molar-refractivity contribution in [1.29, 1.82) is 0 Å². The van der Waals surface area contributed by atoms with Gasteiger partial charge in [-0.15, -0.1) is 0 Å². The number of aliphatic carboxylic acids is 1. The van der Waals surface area contributed by atoms with E-state index in [-0.39, 0.29) is 13.0 Å². The van der Waals surface area contributed by atoms with Crippen molar-refractivity contribution in [2.75, 3.05) is 6.54 Å². The summed E-state index contributed by atoms with van der Waals surface area (Å²) in [6, 6.07) is 0. The molecule has 126 valence electrons. The number of ether oxygens (including phenoxy) is 1. The van der Waals surface area contributed by atoms with Gasteiger partial charge < -0.3 is 25.1 Å². The van der Waals surface area contributed by atoms with Crippen molar-refractivity contribution in [2.24, 2.45) is 0 Å². The quantitative estimate of drug-likeness (QED) is 0.627. The zero-order valence-corrected chi connectivity index (χ0v) is 13.9. The van der Waals surface area contributed by atoms with Gasteiger partial charge >= 0.3 is 12.1 Å². The van der Waals surface area contributed by atoms with Crippen molar-refractivity contribution in [2.45, 2.75) is 32.8 Å². The number of imidazole rings is 1. The van der Waals surface area contributed by atoms with Crippen molar-refractivity contribution in [1.82, 2.24) is 25.3 Å². The summed E-state index contributed by atoms with van der Waals surface area (Å²) in [5.74, 6) is -0.948. The average Bonchev–Trinajstić information content (AvgIpc) is 2.86. The van der Waals surface area contributed by atoms with Crippen LogP contribution < -0.4 is 5.32 Å². The van der Waals surface area contributed by atoms with E-state index in [0.29, 0.717) is 4.64 Å². The second-order valence-corrected chi connectivity index (χ2v) is 5.79. The number of nitrogens with zero attached hydrogens (tertiary/aromatic N) is 2. The molecule has 0 aromatic carbocycles. The van der Waals surface area contributed by atoms with Crippen molar-refractivity contribution in [3.63, 3.8) is 0 Å². The van der Waals surface area contributed by atoms with Crippen LogP contribution in [0.2, 0.25) is 0 Å². The number of carboxylic acids is 1. The van der Waals surface area contributed by atoms with Gasteiger partial charge in [-0.3, -0.25) is 4.79 Å². The summed E-state index contributed by atoms with van der Waals surface area (Å²) in [5, 5.41) is 10.6. The van der Waals surface area contributed by atoms with E-state index in [9.17, 15) is 9.59 Å². The average molecular weight is 341 g/mol. The van der Waals surface area contributed by atoms with Crippen LogP contribution in [0.4, 0.5) is 4.79 Å². The van der Waals surface area contributed by atoms with Crippen LogP contribution in [0.15, 0.2) is 12.7 Å². The summed E-state index contributed by atoms with van der Waals surface area (Å²) in [4.78, 5) is 34.5. The lowest BCUT2D eigenvalue weighted by atomic mass is 10.2. The molecule has 9 nitrogen and oxygen atoms in total. The zero-order valence-electron chi connectivity index (χ0n) is 13.0. The third-order valence-corrected chi connectivity index (χ3v) is 2.55. The fourth-order valence-corrected chi connectivity index (χ4v) is 1.58. The lowest BCUT2D eigenvalue weighted by Gasteiger charge is -2.19. The molecule has 1 amide bonds. The molecule has 2 heterocycles. The molecule has 2 rings (SSSR count). The second-order valence-electron chi connectivity index (χ2n) is 5.41. The van der Waals surface area contributed by atoms with E-state index in [0.717, 1.165) is 11.2 Å². The Morgan fingerprint density at radius 1 is 1.30 bits per heavy atom. The largest absolute Gasteiger partial charge is 0.481 e. The van der Waals surface area contributed by atoms with Crippen LogP contribution in [0.3, 0.4) is 0 Å². The van der Waals surface area contributed by atoms with E-state index < -0.39 is 17.7 Å². The standard InChI is InChI=1S/C8H15NO4.C5H4N4S/c1-8(2,3)13-7(12)9-5-4-6(10)11;10-5-3-4(7-1-6-3)8-2-9-5/h4-5H2,1-3H3,(H,9,12)(H,10,11);1-2H,(H2,6,7,8,9,10). The molecular weight excluding hydrogens is 322 g/mol. The van der Waals surface area contributed by atoms with Crippen molar-refractivity contribution in [3.05, 3.63) is 17.3 Å². The molecule has 23 heavy (non-hydrogen) atoms. The molecule has 10 heteroatoms. The Labute approximate surface area is 137 Å². The molecule has 0 saturated heterocycles. The summed E-state index contributed by atoms with van der Waals surface area (Å²) < 4.78 is 5.42. The van der Waals surface area contributed by atoms with Crippen molar-refractivity contribution in [3.8, 4) is 0 Å². The van der Waals surface area contributed by atoms with Crippen LogP contribution in [-0.4, -0.2) is 49.3 Å². The van der Waals surface area contributed by atoms with Crippen LogP contribution in [0.25, 0.3) is 11.2 Å². The number of carbonyl (C=O) groups is 2. The number of amides is 1. The predicted molar refractivity (Wildman–Crippen MR) is 85.6 cm³/mol. The van der Waals surface area contributed by atoms with Gasteiger partial charge in [-0.1, -0.05) is 12.2 Å². The molecule has 0 bridgehead atoms. The van der Waals surface area contributed by atoms with Gasteiger partial charge in [0.25, 0.3) is 0 Å². The Bertz CT molecular complexity index is 719. The Morgan fingerprint density at radius 2 is 1.96 bits per heavy atom. The van der Waals surface area contributed by atoms with E-state index >= 15 is 0 Å². The molecule has 0 aliphatic carbocycles. The van der Waals surface area contributed by atoms with Gasteiger partial charge in [0.15, 0.2) is 10.3 Å². The minimum Gasteiger partial charge on any atom is -0.481 e. The van der Waals surface area contributed by atoms with Gasteiger partial charge in [0, 0.05) is 6.54 Å². The maximum atomic E-state index is 10.9. The number of aromatic amines is 2. The molecule has 0 aliphatic rings. The molecule has 4 N–H and O–H groups in total. The van der Waals surface area contributed by atoms with Crippen molar-refractivity contribution >= 4 is 35.4 Å². The number of carbonyl (C=O) groups excluding carboxylic acids is 1. The third kappa shape index (κ3) is 7.36. The third-order valence-electron chi connectivity index (χ3n) is 2.24. The summed E-state index contributed by atoms with van der Waals surface area (Å²) >= 11 is 4.91. The molecule has 0 radical (unpaired) electrons. The molecular formula is C13H19N5O4S. The highest BCUT2D eigenvalue weighted by molar-refractivity contribution is 7.71. The van der Waals surface area contributed by atoms with Gasteiger partial charge in [0.2, 0.25) is 0 Å². The fraction of sp³-hybridized carbons (Fsp3) is 0.462. The molecule has 2 aromatic heterocycles. The number of alkyl carbamates (subject to hydrolysis) is 1. The van der Waals surface area contributed by atoms with E-state index in [4.69, 9.17) is 22.1 Å². The van der Waals surface area contributed by atoms with E-state index in [1.807, 2.05) is 0 Å². The summed E-state index contributed by atoms with van der Waals surface area (Å²) in [7, 11) is 0. The van der Waals surface area contributed by atoms with Gasteiger partial charge in [-0.2, -0.15) is 0 Å². The lowest BCUT2D eigenvalue weighted by Crippen LogP contribution is -2.33. The van der Waals surface area contributed by atoms with Crippen LogP contribution >= 0.6 is 12.2 Å². The Morgan fingerprint density at radius 3 is 2.52 bits per heavy atom. The first-order valence-corrected chi connectivity index (χ1v) is 7.15. The highest BCUT2D eigenvalue weighted by atomic mass is 32.1. The predicted octanol–water partition coefficient (Wildman–Crippen LogP) is 2.00. The van der Waals surface area contributed by atoms with Crippen LogP contribution in [0.5, 0.6) is 0 Å². The lowest BCUT2D eigenvalue weighted by molar-refractivity contribution is -0.136. The Hall–Kier alpha value is -2.49. The van der Waals surface area contributed by atoms with E-state index in [1.54, 1.807) is 27.1 Å². The number of aromatic nitrogens is 4. The summed E-state index contributed by atoms with van der Waals surface area (Å²) in [6.45, 7) is 5.31. The van der Waals surface area contributed by atoms with Crippen LogP contribution in [-0.2, 0) is 9.53 Å². The zero-order chi connectivity index (χ0) is 17.5. The van der Waals surface area contributed by atoms with Gasteiger partial charge in [-0.05, 0) is 20.8 Å². The first-order chi connectivity index (χ1) is 10.7. The van der Waals surface area contributed by atoms with E-state index in [1.165, 1.54) is 6.33 Å². The highest BCUT2D eigenvalue weighted by Gasteiger charge is 2.15. The number of hydrogen-bond donors (Lipinski definition) is 4. The second kappa shape index (κ2) is 8.22. The summed E-state index contributed by atoms with van der Waals surface area (Å²) in [5.41, 5.74) is 0.991. The molecule has 0 fully saturated rings. The highest BCUT2D eigenvalue weighted by Crippen LogP contribution is 2.06. The maximum absolute atomic E-state index is 10.9. The maximum Gasteiger partial charge on any atom is 0.407 e. The molecule has 0 saturated carbocycles. The monoisotopic (exact) mass is 341 g/mol. The van der Waals surface area contributed by atoms with Gasteiger partial charge in [-0.25, -0.2) is 14.8 Å². The minimum atomic E-state index is -0.948. The molecule has 0 spiro atoms. The fourth-order valence-electron chi connectivity index (χ4n) is 1.37. The number of nitrogens with one attached hydrogen (secondary N) is 3. The summed E-state index contributed by atoms with van der Waals surface area (Å²) in [6.07, 6.45) is 2.43. The van der Waals surface area contributed by atoms with Crippen LogP contribution in [0, 0.1) is 4.64 Å². The first-order valence-electron chi connectivity index (χ1n) is 6.74. The number of hydrogen-bond acceptors (Lipinski definition) is 6. The van der Waals surface area contributed by atoms with Gasteiger partial charge in [0.05, 0.1) is 19.1 Å². The molecule has 0 aliphatic heterocycles. The molecule has 0 unspecified atom stereocenters. The number of carboxylic acid groups (broad SMARTS) is 1. The smallest absolute Gasteiger partial charge is 0.407 e. The molecule has 0 atom stereocenters. The molecule has 2 aromatic rings. The number of fused-ring (bicyclic) bond motifs is 1. The normalized spacial score (nSPS) is 10.6. The SMILES string of the molecule is CC(C)(C)OC(=O)NCCC(=O)O.S=c1nc[nH]c2nc[nH]c12. The number of H-pyrrole nitrogens is 2. The number of rotatable bonds is 3. The van der Waals surface area contributed by atoms with E-state index in [2.05, 4.69) is 25.3 Å². The Balaban J connectivity index is 0.000000235.